The van der Waals surface area contributed by atoms with Gasteiger partial charge in [-0.25, -0.2) is 4.79 Å². The Morgan fingerprint density at radius 2 is 1.78 bits per heavy atom. The Morgan fingerprint density at radius 3 is 2.35 bits per heavy atom. The van der Waals surface area contributed by atoms with Crippen LogP contribution < -0.4 is 16.2 Å². The molecule has 210 valence electrons. The van der Waals surface area contributed by atoms with Crippen LogP contribution in [0.5, 0.6) is 11.5 Å². The number of aliphatic hydroxyl groups is 1. The van der Waals surface area contributed by atoms with E-state index in [1.165, 1.54) is 17.8 Å². The minimum atomic E-state index is -1.17. The number of aliphatic hydroxyl groups excluding tert-OH is 1. The highest BCUT2D eigenvalue weighted by Crippen LogP contribution is 2.35. The van der Waals surface area contributed by atoms with Crippen molar-refractivity contribution in [3.05, 3.63) is 23.8 Å². The van der Waals surface area contributed by atoms with Crippen molar-refractivity contribution in [1.82, 2.24) is 0 Å². The molecule has 2 rings (SSSR count). The molecule has 8 N–H and O–H groups in total. The molecule has 0 amide bonds. The fraction of sp³-hybridized carbons (Fsp3) is 0.625. The summed E-state index contributed by atoms with van der Waals surface area (Å²) >= 11 is 1.31. The Bertz CT molecular complexity index is 872. The summed E-state index contributed by atoms with van der Waals surface area (Å²) in [5, 5.41) is 36.9. The molecular weight excluding hydrogens is 506 g/mol. The van der Waals surface area contributed by atoms with Crippen molar-refractivity contribution >= 4 is 28.7 Å². The molecule has 0 bridgehead atoms. The minimum Gasteiger partial charge on any atom is -0.507 e. The van der Waals surface area contributed by atoms with Crippen molar-refractivity contribution in [3.63, 3.8) is 0 Å². The van der Waals surface area contributed by atoms with E-state index in [1.54, 1.807) is 19.1 Å². The van der Waals surface area contributed by atoms with Gasteiger partial charge in [0.05, 0.1) is 19.8 Å². The van der Waals surface area contributed by atoms with Gasteiger partial charge in [0, 0.05) is 30.6 Å². The number of carbonyl (C=O) groups is 2. The van der Waals surface area contributed by atoms with Crippen LogP contribution in [0.2, 0.25) is 0 Å². The van der Waals surface area contributed by atoms with Gasteiger partial charge in [0.25, 0.3) is 0 Å². The number of ether oxygens (including phenoxy) is 3. The van der Waals surface area contributed by atoms with Gasteiger partial charge in [-0.15, -0.1) is 11.8 Å². The first-order valence-corrected chi connectivity index (χ1v) is 13.0. The first-order valence-electron chi connectivity index (χ1n) is 12.0. The highest BCUT2D eigenvalue weighted by atomic mass is 32.2. The van der Waals surface area contributed by atoms with Crippen LogP contribution in [0, 0.1) is 0 Å². The maximum atomic E-state index is 11.3. The number of hydrogen-bond acceptors (Lipinski definition) is 11. The summed E-state index contributed by atoms with van der Waals surface area (Å²) < 4.78 is 16.1. The van der Waals surface area contributed by atoms with Gasteiger partial charge >= 0.3 is 11.9 Å². The maximum absolute atomic E-state index is 11.3. The molecule has 37 heavy (non-hydrogen) atoms. The lowest BCUT2D eigenvalue weighted by Crippen LogP contribution is -2.33. The van der Waals surface area contributed by atoms with Gasteiger partial charge in [0.1, 0.15) is 29.2 Å². The predicted octanol–water partition coefficient (Wildman–Crippen LogP) is 1.05. The predicted molar refractivity (Wildman–Crippen MR) is 140 cm³/mol. The Labute approximate surface area is 221 Å². The van der Waals surface area contributed by atoms with E-state index >= 15 is 0 Å². The Hall–Kier alpha value is -2.42. The fourth-order valence-electron chi connectivity index (χ4n) is 2.87. The molecule has 1 aliphatic heterocycles. The number of aromatic hydroxyl groups is 1. The third-order valence-electron chi connectivity index (χ3n) is 5.10. The molecule has 0 saturated heterocycles. The largest absolute Gasteiger partial charge is 0.507 e. The Morgan fingerprint density at radius 1 is 1.11 bits per heavy atom. The molecule has 0 fully saturated rings. The molecule has 0 aliphatic carbocycles. The summed E-state index contributed by atoms with van der Waals surface area (Å²) in [4.78, 5) is 25.6. The second-order valence-electron chi connectivity index (χ2n) is 8.34. The molecule has 1 aliphatic rings. The van der Waals surface area contributed by atoms with E-state index < -0.39 is 23.5 Å². The Kier molecular flexibility index (Phi) is 15.8. The Balaban J connectivity index is 0.000000580. The van der Waals surface area contributed by atoms with Crippen molar-refractivity contribution in [2.24, 2.45) is 16.5 Å². The summed E-state index contributed by atoms with van der Waals surface area (Å²) in [6.07, 6.45) is 2.78. The molecule has 0 unspecified atom stereocenters. The van der Waals surface area contributed by atoms with Gasteiger partial charge in [-0.2, -0.15) is 0 Å². The van der Waals surface area contributed by atoms with Crippen molar-refractivity contribution in [2.45, 2.75) is 44.2 Å². The van der Waals surface area contributed by atoms with Gasteiger partial charge in [-0.3, -0.25) is 9.79 Å². The van der Waals surface area contributed by atoms with E-state index in [2.05, 4.69) is 4.99 Å². The summed E-state index contributed by atoms with van der Waals surface area (Å²) in [6, 6.07) is 4.13. The second-order valence-corrected chi connectivity index (χ2v) is 9.31. The third kappa shape index (κ3) is 12.6. The summed E-state index contributed by atoms with van der Waals surface area (Å²) in [5.74, 6) is -1.10. The molecule has 1 aromatic carbocycles. The number of phenols is 1. The van der Waals surface area contributed by atoms with Gasteiger partial charge in [0.15, 0.2) is 5.54 Å². The average Bonchev–Trinajstić information content (AvgIpc) is 3.26. The smallest absolute Gasteiger partial charge is 0.332 e. The summed E-state index contributed by atoms with van der Waals surface area (Å²) in [6.45, 7) is 4.40. The molecule has 0 spiro atoms. The molecule has 13 heteroatoms. The number of rotatable bonds is 17. The van der Waals surface area contributed by atoms with Gasteiger partial charge in [-0.05, 0) is 44.9 Å². The number of thioether (sulfide) groups is 1. The molecule has 0 aromatic heterocycles. The van der Waals surface area contributed by atoms with E-state index in [-0.39, 0.29) is 12.4 Å². The molecule has 0 saturated carbocycles. The number of aliphatic carboxylic acids is 2. The monoisotopic (exact) mass is 545 g/mol. The van der Waals surface area contributed by atoms with E-state index in [4.69, 9.17) is 35.9 Å². The van der Waals surface area contributed by atoms with Crippen LogP contribution in [0.25, 0.3) is 0 Å². The van der Waals surface area contributed by atoms with E-state index in [0.717, 1.165) is 12.8 Å². The first kappa shape index (κ1) is 32.6. The van der Waals surface area contributed by atoms with Crippen LogP contribution in [0.15, 0.2) is 23.2 Å². The van der Waals surface area contributed by atoms with Crippen LogP contribution in [-0.4, -0.2) is 101 Å². The number of benzene rings is 1. The number of nitrogens with two attached hydrogens (primary N) is 2. The normalized spacial score (nSPS) is 17.5. The molecule has 1 aromatic rings. The lowest BCUT2D eigenvalue weighted by molar-refractivity contribution is -0.141. The molecular formula is C24H39N3O9S. The number of carboxylic acids is 2. The zero-order valence-electron chi connectivity index (χ0n) is 21.1. The zero-order chi connectivity index (χ0) is 27.7. The topological polar surface area (TPSA) is 207 Å². The van der Waals surface area contributed by atoms with Crippen molar-refractivity contribution < 1.29 is 44.2 Å². The average molecular weight is 546 g/mol. The zero-order valence-corrected chi connectivity index (χ0v) is 22.0. The van der Waals surface area contributed by atoms with Crippen LogP contribution >= 0.6 is 11.8 Å². The SMILES string of the molecule is C[C@]1(C(=O)O)CSC(c2ccc(OCCOCCOCCCO)cc2O)=N1.NCCCC[C@H](N)C(=O)O. The molecule has 0 radical (unpaired) electrons. The van der Waals surface area contributed by atoms with Crippen molar-refractivity contribution in [1.29, 1.82) is 0 Å². The van der Waals surface area contributed by atoms with E-state index in [9.17, 15) is 19.8 Å². The summed E-state index contributed by atoms with van der Waals surface area (Å²) in [7, 11) is 0. The lowest BCUT2D eigenvalue weighted by Gasteiger charge is -2.12. The number of unbranched alkanes of at least 4 members (excludes halogenated alkanes) is 1. The van der Waals surface area contributed by atoms with E-state index in [1.807, 2.05) is 0 Å². The van der Waals surface area contributed by atoms with Crippen LogP contribution in [0.3, 0.4) is 0 Å². The van der Waals surface area contributed by atoms with Crippen LogP contribution in [-0.2, 0) is 19.1 Å². The third-order valence-corrected chi connectivity index (χ3v) is 6.39. The fourth-order valence-corrected chi connectivity index (χ4v) is 4.07. The highest BCUT2D eigenvalue weighted by molar-refractivity contribution is 8.14. The van der Waals surface area contributed by atoms with Crippen LogP contribution in [0.1, 0.15) is 38.2 Å². The first-order chi connectivity index (χ1) is 17.6. The van der Waals surface area contributed by atoms with Gasteiger partial charge in [-0.1, -0.05) is 6.42 Å². The quantitative estimate of drug-likeness (QED) is 0.152. The number of hydrogen-bond donors (Lipinski definition) is 6. The number of carboxylic acid groups (broad SMARTS) is 2. The van der Waals surface area contributed by atoms with Gasteiger partial charge in [0.2, 0.25) is 0 Å². The standard InChI is InChI=1S/C18H25NO7S.C6H14N2O2/c1-18(17(22)23)12-27-16(19-18)14-4-3-13(11-15(14)21)26-10-9-25-8-7-24-6-2-5-20;7-4-2-1-3-5(8)6(9)10/h3-4,11,20-21H,2,5-10,12H2,1H3,(H,22,23);5H,1-4,7-8H2,(H,9,10)/t18-;5-/m10/s1. The van der Waals surface area contributed by atoms with Crippen molar-refractivity contribution in [2.75, 3.05) is 51.9 Å². The minimum absolute atomic E-state index is 0.00779. The number of nitrogens with zero attached hydrogens (tertiary/aromatic N) is 1. The van der Waals surface area contributed by atoms with E-state index in [0.29, 0.717) is 74.5 Å². The summed E-state index contributed by atoms with van der Waals surface area (Å²) in [5.41, 5.74) is 9.75. The molecule has 1 heterocycles. The number of phenolic OH excluding ortho intramolecular Hbond substituents is 1. The van der Waals surface area contributed by atoms with Crippen molar-refractivity contribution in [3.8, 4) is 11.5 Å². The highest BCUT2D eigenvalue weighted by Gasteiger charge is 2.39. The second kappa shape index (κ2) is 17.9. The molecule has 2 atom stereocenters. The van der Waals surface area contributed by atoms with Crippen LogP contribution in [0.4, 0.5) is 0 Å². The number of aliphatic imine (C=N–C) groups is 1. The van der Waals surface area contributed by atoms with Gasteiger partial charge < -0.3 is 46.1 Å². The lowest BCUT2D eigenvalue weighted by atomic mass is 10.1. The maximum Gasteiger partial charge on any atom is 0.332 e. The molecule has 12 nitrogen and oxygen atoms in total.